The van der Waals surface area contributed by atoms with Crippen LogP contribution in [0.5, 0.6) is 0 Å². The van der Waals surface area contributed by atoms with E-state index in [-0.39, 0.29) is 0 Å². The van der Waals surface area contributed by atoms with Crippen molar-refractivity contribution in [2.45, 2.75) is 25.5 Å². The van der Waals surface area contributed by atoms with E-state index in [9.17, 15) is 8.42 Å². The Hall–Kier alpha value is -0.910. The molecule has 1 rings (SSSR count). The summed E-state index contributed by atoms with van der Waals surface area (Å²) in [6, 6.07) is 7.76. The van der Waals surface area contributed by atoms with E-state index >= 15 is 0 Å². The Balaban J connectivity index is 3.01. The molecule has 0 heterocycles. The second-order valence-corrected chi connectivity index (χ2v) is 6.84. The van der Waals surface area contributed by atoms with Gasteiger partial charge in [0.15, 0.2) is 0 Å². The van der Waals surface area contributed by atoms with Crippen LogP contribution in [0.15, 0.2) is 47.0 Å². The van der Waals surface area contributed by atoms with Crippen LogP contribution in [0.4, 0.5) is 0 Å². The molecule has 0 saturated carbocycles. The predicted octanol–water partition coefficient (Wildman–Crippen LogP) is 4.08. The molecular formula is C14H17BrO3S. The van der Waals surface area contributed by atoms with Gasteiger partial charge in [0, 0.05) is 4.47 Å². The van der Waals surface area contributed by atoms with Gasteiger partial charge in [-0.05, 0) is 36.6 Å². The minimum Gasteiger partial charge on any atom is -0.285 e. The lowest BCUT2D eigenvalue weighted by Crippen LogP contribution is -2.13. The van der Waals surface area contributed by atoms with E-state index < -0.39 is 15.4 Å². The fraction of sp³-hybridized carbons (Fsp3) is 0.286. The maximum atomic E-state index is 11.0. The first-order valence-electron chi connectivity index (χ1n) is 5.95. The molecule has 0 spiro atoms. The summed E-state index contributed by atoms with van der Waals surface area (Å²) in [7, 11) is -4.02. The molecule has 1 aromatic carbocycles. The zero-order chi connectivity index (χ0) is 14.5. The van der Waals surface area contributed by atoms with Crippen molar-refractivity contribution in [3.63, 3.8) is 0 Å². The summed E-state index contributed by atoms with van der Waals surface area (Å²) in [6.07, 6.45) is 6.07. The van der Waals surface area contributed by atoms with Gasteiger partial charge in [0.2, 0.25) is 0 Å². The lowest BCUT2D eigenvalue weighted by molar-refractivity contribution is 0.477. The monoisotopic (exact) mass is 344 g/mol. The number of rotatable bonds is 5. The Morgan fingerprint density at radius 2 is 1.95 bits per heavy atom. The molecule has 19 heavy (non-hydrogen) atoms. The maximum absolute atomic E-state index is 11.0. The third-order valence-electron chi connectivity index (χ3n) is 2.62. The summed E-state index contributed by atoms with van der Waals surface area (Å²) in [6.45, 7) is 3.45. The smallest absolute Gasteiger partial charge is 0.271 e. The molecule has 1 aromatic rings. The van der Waals surface area contributed by atoms with Crippen LogP contribution in [0.1, 0.15) is 25.8 Å². The molecule has 0 bridgehead atoms. The van der Waals surface area contributed by atoms with Crippen LogP contribution >= 0.6 is 15.9 Å². The summed E-state index contributed by atoms with van der Waals surface area (Å²) >= 11 is 3.37. The Morgan fingerprint density at radius 1 is 1.37 bits per heavy atom. The molecule has 1 N–H and O–H groups in total. The summed E-state index contributed by atoms with van der Waals surface area (Å²) < 4.78 is 31.8. The maximum Gasteiger partial charge on any atom is 0.271 e. The van der Waals surface area contributed by atoms with Gasteiger partial charge in [-0.3, -0.25) is 4.55 Å². The minimum atomic E-state index is -4.02. The highest BCUT2D eigenvalue weighted by atomic mass is 79.9. The second-order valence-electron chi connectivity index (χ2n) is 4.15. The zero-order valence-electron chi connectivity index (χ0n) is 10.9. The van der Waals surface area contributed by atoms with E-state index in [1.54, 1.807) is 6.08 Å². The predicted molar refractivity (Wildman–Crippen MR) is 82.6 cm³/mol. The molecule has 0 aromatic heterocycles. The summed E-state index contributed by atoms with van der Waals surface area (Å²) in [4.78, 5) is 0. The van der Waals surface area contributed by atoms with Gasteiger partial charge in [0.1, 0.15) is 5.25 Å². The quantitative estimate of drug-likeness (QED) is 0.646. The first-order chi connectivity index (χ1) is 8.84. The molecule has 5 heteroatoms. The molecule has 0 fully saturated rings. The molecule has 0 aliphatic heterocycles. The summed E-state index contributed by atoms with van der Waals surface area (Å²) in [5.41, 5.74) is 1.94. The first kappa shape index (κ1) is 16.1. The molecule has 0 amide bonds. The third kappa shape index (κ3) is 5.30. The molecule has 104 valence electrons. The number of halogens is 1. The van der Waals surface area contributed by atoms with Crippen molar-refractivity contribution >= 4 is 31.6 Å². The van der Waals surface area contributed by atoms with Gasteiger partial charge >= 0.3 is 0 Å². The van der Waals surface area contributed by atoms with E-state index in [0.717, 1.165) is 22.0 Å². The van der Waals surface area contributed by atoms with Gasteiger partial charge in [-0.2, -0.15) is 8.42 Å². The number of hydrogen-bond acceptors (Lipinski definition) is 2. The Morgan fingerprint density at radius 3 is 2.42 bits per heavy atom. The van der Waals surface area contributed by atoms with E-state index in [4.69, 9.17) is 4.55 Å². The zero-order valence-corrected chi connectivity index (χ0v) is 13.3. The van der Waals surface area contributed by atoms with Crippen molar-refractivity contribution in [1.29, 1.82) is 0 Å². The number of allylic oxidation sites excluding steroid dienone is 3. The molecule has 1 atom stereocenters. The molecule has 1 unspecified atom stereocenters. The second kappa shape index (κ2) is 7.03. The third-order valence-corrected chi connectivity index (χ3v) is 4.24. The molecule has 0 radical (unpaired) electrons. The van der Waals surface area contributed by atoms with Gasteiger partial charge in [-0.1, -0.05) is 53.2 Å². The summed E-state index contributed by atoms with van der Waals surface area (Å²) in [5, 5.41) is -0.914. The van der Waals surface area contributed by atoms with Crippen LogP contribution in [-0.2, 0) is 10.1 Å². The van der Waals surface area contributed by atoms with Crippen LogP contribution in [0, 0.1) is 0 Å². The average Bonchev–Trinajstić information content (AvgIpc) is 2.34. The Labute approximate surface area is 122 Å². The van der Waals surface area contributed by atoms with Crippen molar-refractivity contribution in [2.75, 3.05) is 0 Å². The fourth-order valence-electron chi connectivity index (χ4n) is 1.48. The SMILES string of the molecule is CC/C=C(\C=C/C(C)S(=O)(=O)O)c1ccc(Br)cc1. The van der Waals surface area contributed by atoms with Gasteiger partial charge in [0.25, 0.3) is 10.1 Å². The Kier molecular flexibility index (Phi) is 5.97. The first-order valence-corrected chi connectivity index (χ1v) is 8.24. The van der Waals surface area contributed by atoms with E-state index in [2.05, 4.69) is 15.9 Å². The Bertz CT molecular complexity index is 571. The van der Waals surface area contributed by atoms with Crippen LogP contribution in [0.25, 0.3) is 5.57 Å². The largest absolute Gasteiger partial charge is 0.285 e. The topological polar surface area (TPSA) is 54.4 Å². The molecule has 0 aliphatic rings. The van der Waals surface area contributed by atoms with Crippen molar-refractivity contribution in [3.05, 3.63) is 52.5 Å². The van der Waals surface area contributed by atoms with Crippen LogP contribution in [-0.4, -0.2) is 18.2 Å². The highest BCUT2D eigenvalue weighted by Crippen LogP contribution is 2.20. The molecular weight excluding hydrogens is 328 g/mol. The van der Waals surface area contributed by atoms with E-state index in [1.807, 2.05) is 37.3 Å². The molecule has 3 nitrogen and oxygen atoms in total. The van der Waals surface area contributed by atoms with Gasteiger partial charge in [0.05, 0.1) is 0 Å². The van der Waals surface area contributed by atoms with Gasteiger partial charge < -0.3 is 0 Å². The van der Waals surface area contributed by atoms with Crippen molar-refractivity contribution in [2.24, 2.45) is 0 Å². The molecule has 0 aliphatic carbocycles. The lowest BCUT2D eigenvalue weighted by Gasteiger charge is -2.05. The average molecular weight is 345 g/mol. The highest BCUT2D eigenvalue weighted by molar-refractivity contribution is 9.10. The normalized spacial score (nSPS) is 14.8. The lowest BCUT2D eigenvalue weighted by atomic mass is 10.0. The highest BCUT2D eigenvalue weighted by Gasteiger charge is 2.13. The van der Waals surface area contributed by atoms with Crippen molar-refractivity contribution in [3.8, 4) is 0 Å². The van der Waals surface area contributed by atoms with Crippen molar-refractivity contribution in [1.82, 2.24) is 0 Å². The fourth-order valence-corrected chi connectivity index (χ4v) is 2.02. The van der Waals surface area contributed by atoms with Crippen LogP contribution in [0.2, 0.25) is 0 Å². The van der Waals surface area contributed by atoms with E-state index in [0.29, 0.717) is 0 Å². The van der Waals surface area contributed by atoms with Crippen LogP contribution < -0.4 is 0 Å². The number of benzene rings is 1. The standard InChI is InChI=1S/C14H17BrO3S/c1-3-4-12(6-5-11(2)19(16,17)18)13-7-9-14(15)10-8-13/h4-11H,3H2,1-2H3,(H,16,17,18)/b6-5-,12-4+. The van der Waals surface area contributed by atoms with Crippen LogP contribution in [0.3, 0.4) is 0 Å². The van der Waals surface area contributed by atoms with Gasteiger partial charge in [-0.25, -0.2) is 0 Å². The van der Waals surface area contributed by atoms with Gasteiger partial charge in [-0.15, -0.1) is 0 Å². The molecule has 0 saturated heterocycles. The summed E-state index contributed by atoms with van der Waals surface area (Å²) in [5.74, 6) is 0. The minimum absolute atomic E-state index is 0.843. The van der Waals surface area contributed by atoms with Crippen molar-refractivity contribution < 1.29 is 13.0 Å². The number of hydrogen-bond donors (Lipinski definition) is 1. The van der Waals surface area contributed by atoms with E-state index in [1.165, 1.54) is 13.0 Å².